The third-order valence-electron chi connectivity index (χ3n) is 3.96. The number of amides is 1. The maximum absolute atomic E-state index is 12.4. The molecule has 1 N–H and O–H groups in total. The number of carbonyl (C=O) groups excluding carboxylic acids is 1. The van der Waals surface area contributed by atoms with Gasteiger partial charge in [-0.1, -0.05) is 18.2 Å². The van der Waals surface area contributed by atoms with Crippen LogP contribution >= 0.6 is 11.3 Å². The number of fused-ring (bicyclic) bond motifs is 1. The molecule has 0 aliphatic rings. The Morgan fingerprint density at radius 2 is 2.12 bits per heavy atom. The van der Waals surface area contributed by atoms with Gasteiger partial charge in [0.15, 0.2) is 5.65 Å². The zero-order valence-electron chi connectivity index (χ0n) is 13.9. The summed E-state index contributed by atoms with van der Waals surface area (Å²) in [6.07, 6.45) is 1.69. The van der Waals surface area contributed by atoms with Crippen LogP contribution in [-0.4, -0.2) is 25.1 Å². The number of aromatic nitrogens is 4. The summed E-state index contributed by atoms with van der Waals surface area (Å²) in [5.41, 5.74) is 4.29. The minimum absolute atomic E-state index is 0.188. The summed E-state index contributed by atoms with van der Waals surface area (Å²) in [6.45, 7) is 2.13. The van der Waals surface area contributed by atoms with Crippen LogP contribution < -0.4 is 11.0 Å². The first-order valence-corrected chi connectivity index (χ1v) is 8.84. The first-order chi connectivity index (χ1) is 12.6. The average molecular weight is 365 g/mol. The van der Waals surface area contributed by atoms with E-state index < -0.39 is 0 Å². The Labute approximate surface area is 152 Å². The van der Waals surface area contributed by atoms with Gasteiger partial charge in [0.25, 0.3) is 5.91 Å². The smallest absolute Gasteiger partial charge is 0.321 e. The fourth-order valence-corrected chi connectivity index (χ4v) is 3.40. The molecule has 0 unspecified atom stereocenters. The molecule has 0 bridgehead atoms. The molecule has 0 atom stereocenters. The van der Waals surface area contributed by atoms with Gasteiger partial charge in [-0.05, 0) is 36.8 Å². The Bertz CT molecular complexity index is 1160. The van der Waals surface area contributed by atoms with Crippen molar-refractivity contribution in [3.63, 3.8) is 0 Å². The summed E-state index contributed by atoms with van der Waals surface area (Å²) in [5, 5.41) is 7.19. The van der Waals surface area contributed by atoms with E-state index >= 15 is 0 Å². The van der Waals surface area contributed by atoms with Gasteiger partial charge in [0.2, 0.25) is 0 Å². The van der Waals surface area contributed by atoms with Crippen molar-refractivity contribution in [2.24, 2.45) is 0 Å². The zero-order valence-corrected chi connectivity index (χ0v) is 14.7. The van der Waals surface area contributed by atoms with E-state index in [-0.39, 0.29) is 11.6 Å². The van der Waals surface area contributed by atoms with E-state index in [9.17, 15) is 9.59 Å². The van der Waals surface area contributed by atoms with Crippen molar-refractivity contribution >= 4 is 28.6 Å². The van der Waals surface area contributed by atoms with Crippen molar-refractivity contribution in [1.29, 1.82) is 0 Å². The van der Waals surface area contributed by atoms with Crippen LogP contribution in [0.3, 0.4) is 0 Å². The molecule has 0 radical (unpaired) electrons. The number of nitrogens with zero attached hydrogens (tertiary/aromatic N) is 4. The van der Waals surface area contributed by atoms with Gasteiger partial charge >= 0.3 is 5.69 Å². The molecule has 4 rings (SSSR count). The second-order valence-electron chi connectivity index (χ2n) is 5.79. The van der Waals surface area contributed by atoms with Gasteiger partial charge in [-0.15, -0.1) is 16.4 Å². The molecule has 0 aliphatic heterocycles. The Hall–Kier alpha value is -3.26. The molecule has 7 nitrogen and oxygen atoms in total. The van der Waals surface area contributed by atoms with Crippen LogP contribution in [0.15, 0.2) is 59.0 Å². The van der Waals surface area contributed by atoms with Gasteiger partial charge in [-0.25, -0.2) is 14.5 Å². The lowest BCUT2D eigenvalue weighted by Crippen LogP contribution is -2.21. The number of aryl methyl sites for hydroxylation is 1. The lowest BCUT2D eigenvalue weighted by molar-refractivity contribution is 0.103. The van der Waals surface area contributed by atoms with Crippen molar-refractivity contribution in [1.82, 2.24) is 19.2 Å². The van der Waals surface area contributed by atoms with Crippen LogP contribution in [0.1, 0.15) is 20.9 Å². The SMILES string of the molecule is Cc1ncsc1C(=O)Nc1cccc(Cn2nc3ccccn3c2=O)c1. The Morgan fingerprint density at radius 3 is 2.88 bits per heavy atom. The van der Waals surface area contributed by atoms with E-state index in [4.69, 9.17) is 0 Å². The van der Waals surface area contributed by atoms with Gasteiger partial charge in [0, 0.05) is 11.9 Å². The number of benzene rings is 1. The number of hydrogen-bond acceptors (Lipinski definition) is 5. The summed E-state index contributed by atoms with van der Waals surface area (Å²) in [5.74, 6) is -0.188. The second kappa shape index (κ2) is 6.57. The lowest BCUT2D eigenvalue weighted by Gasteiger charge is -2.07. The molecule has 1 amide bonds. The predicted molar refractivity (Wildman–Crippen MR) is 99.8 cm³/mol. The summed E-state index contributed by atoms with van der Waals surface area (Å²) < 4.78 is 2.90. The van der Waals surface area contributed by atoms with Gasteiger partial charge in [-0.3, -0.25) is 9.20 Å². The van der Waals surface area contributed by atoms with E-state index in [2.05, 4.69) is 15.4 Å². The Balaban J connectivity index is 1.57. The third-order valence-corrected chi connectivity index (χ3v) is 4.88. The first kappa shape index (κ1) is 16.2. The predicted octanol–water partition coefficient (Wildman–Crippen LogP) is 2.56. The van der Waals surface area contributed by atoms with Crippen LogP contribution in [0.5, 0.6) is 0 Å². The lowest BCUT2D eigenvalue weighted by atomic mass is 10.2. The second-order valence-corrected chi connectivity index (χ2v) is 6.65. The number of hydrogen-bond donors (Lipinski definition) is 1. The quantitative estimate of drug-likeness (QED) is 0.603. The molecule has 0 saturated heterocycles. The molecule has 130 valence electrons. The largest absolute Gasteiger partial charge is 0.350 e. The zero-order chi connectivity index (χ0) is 18.1. The summed E-state index contributed by atoms with van der Waals surface area (Å²) in [6, 6.07) is 12.8. The van der Waals surface area contributed by atoms with Gasteiger partial charge < -0.3 is 5.32 Å². The molecule has 26 heavy (non-hydrogen) atoms. The van der Waals surface area contributed by atoms with Crippen LogP contribution in [0.2, 0.25) is 0 Å². The monoisotopic (exact) mass is 365 g/mol. The number of thiazole rings is 1. The van der Waals surface area contributed by atoms with Crippen molar-refractivity contribution in [3.8, 4) is 0 Å². The van der Waals surface area contributed by atoms with Crippen molar-refractivity contribution in [3.05, 3.63) is 80.8 Å². The molecule has 3 aromatic heterocycles. The van der Waals surface area contributed by atoms with E-state index in [0.717, 1.165) is 5.56 Å². The summed E-state index contributed by atoms with van der Waals surface area (Å²) in [7, 11) is 0. The summed E-state index contributed by atoms with van der Waals surface area (Å²) in [4.78, 5) is 29.4. The standard InChI is InChI=1S/C18H15N5O2S/c1-12-16(26-11-19-12)17(24)20-14-6-4-5-13(9-14)10-23-18(25)22-8-3-2-7-15(22)21-23/h2-9,11H,10H2,1H3,(H,20,24). The van der Waals surface area contributed by atoms with Crippen molar-refractivity contribution in [2.75, 3.05) is 5.32 Å². The first-order valence-electron chi connectivity index (χ1n) is 7.96. The van der Waals surface area contributed by atoms with Gasteiger partial charge in [-0.2, -0.15) is 0 Å². The topological polar surface area (TPSA) is 81.3 Å². The minimum atomic E-state index is -0.199. The van der Waals surface area contributed by atoms with Crippen LogP contribution in [-0.2, 0) is 6.54 Å². The van der Waals surface area contributed by atoms with Crippen molar-refractivity contribution < 1.29 is 4.79 Å². The molecule has 8 heteroatoms. The number of carbonyl (C=O) groups is 1. The highest BCUT2D eigenvalue weighted by molar-refractivity contribution is 7.12. The normalized spacial score (nSPS) is 11.0. The number of pyridine rings is 1. The minimum Gasteiger partial charge on any atom is -0.321 e. The number of nitrogens with one attached hydrogen (secondary N) is 1. The molecule has 0 aliphatic carbocycles. The molecule has 0 fully saturated rings. The highest BCUT2D eigenvalue weighted by atomic mass is 32.1. The van der Waals surface area contributed by atoms with E-state index in [0.29, 0.717) is 28.5 Å². The fraction of sp³-hybridized carbons (Fsp3) is 0.111. The maximum Gasteiger partial charge on any atom is 0.350 e. The molecule has 4 aromatic rings. The van der Waals surface area contributed by atoms with Crippen molar-refractivity contribution in [2.45, 2.75) is 13.5 Å². The van der Waals surface area contributed by atoms with E-state index in [1.165, 1.54) is 20.4 Å². The van der Waals surface area contributed by atoms with Gasteiger partial charge in [0.05, 0.1) is 17.7 Å². The molecular weight excluding hydrogens is 350 g/mol. The van der Waals surface area contributed by atoms with Crippen LogP contribution in [0, 0.1) is 6.92 Å². The average Bonchev–Trinajstić information content (AvgIpc) is 3.20. The number of anilines is 1. The molecule has 0 spiro atoms. The van der Waals surface area contributed by atoms with Gasteiger partial charge in [0.1, 0.15) is 4.88 Å². The Kier molecular flexibility index (Phi) is 4.10. The van der Waals surface area contributed by atoms with Crippen LogP contribution in [0.25, 0.3) is 5.65 Å². The fourth-order valence-electron chi connectivity index (χ4n) is 2.70. The highest BCUT2D eigenvalue weighted by Crippen LogP contribution is 2.17. The molecule has 0 saturated carbocycles. The molecular formula is C18H15N5O2S. The molecule has 3 heterocycles. The van der Waals surface area contributed by atoms with E-state index in [1.54, 1.807) is 30.8 Å². The highest BCUT2D eigenvalue weighted by Gasteiger charge is 2.12. The van der Waals surface area contributed by atoms with E-state index in [1.807, 2.05) is 30.3 Å². The Morgan fingerprint density at radius 1 is 1.23 bits per heavy atom. The maximum atomic E-state index is 12.4. The molecule has 1 aromatic carbocycles. The number of rotatable bonds is 4. The third kappa shape index (κ3) is 3.02. The van der Waals surface area contributed by atoms with Crippen LogP contribution in [0.4, 0.5) is 5.69 Å². The summed E-state index contributed by atoms with van der Waals surface area (Å²) >= 11 is 1.31.